The van der Waals surface area contributed by atoms with Crippen molar-refractivity contribution in [2.75, 3.05) is 5.88 Å². The summed E-state index contributed by atoms with van der Waals surface area (Å²) in [5, 5.41) is 11.9. The Morgan fingerprint density at radius 2 is 2.32 bits per heavy atom. The SMILES string of the molecule is N#CC(C(=O)CCl)c1nc(-c2cccc(Cl)c2)cs1. The van der Waals surface area contributed by atoms with Gasteiger partial charge < -0.3 is 0 Å². The van der Waals surface area contributed by atoms with Crippen LogP contribution in [0.4, 0.5) is 0 Å². The molecule has 1 aromatic heterocycles. The molecule has 0 N–H and O–H groups in total. The molecule has 0 fully saturated rings. The fourth-order valence-electron chi connectivity index (χ4n) is 1.54. The molecular formula is C13H8Cl2N2OS. The highest BCUT2D eigenvalue weighted by molar-refractivity contribution is 7.10. The van der Waals surface area contributed by atoms with Crippen molar-refractivity contribution in [2.24, 2.45) is 0 Å². The van der Waals surface area contributed by atoms with Gasteiger partial charge in [-0.15, -0.1) is 22.9 Å². The van der Waals surface area contributed by atoms with Crippen LogP contribution in [0.3, 0.4) is 0 Å². The Bertz CT molecular complexity index is 648. The third kappa shape index (κ3) is 3.13. The fraction of sp³-hybridized carbons (Fsp3) is 0.154. The Kier molecular flexibility index (Phi) is 4.54. The van der Waals surface area contributed by atoms with Gasteiger partial charge in [0.15, 0.2) is 11.7 Å². The molecular weight excluding hydrogens is 303 g/mol. The van der Waals surface area contributed by atoms with Crippen molar-refractivity contribution >= 4 is 40.3 Å². The molecule has 96 valence electrons. The van der Waals surface area contributed by atoms with Gasteiger partial charge in [0.25, 0.3) is 0 Å². The molecule has 0 saturated heterocycles. The summed E-state index contributed by atoms with van der Waals surface area (Å²) in [4.78, 5) is 15.9. The second-order valence-corrected chi connectivity index (χ2v) is 5.34. The molecule has 0 bridgehead atoms. The average molecular weight is 311 g/mol. The van der Waals surface area contributed by atoms with Crippen molar-refractivity contribution < 1.29 is 4.79 Å². The lowest BCUT2D eigenvalue weighted by Gasteiger charge is -2.01. The van der Waals surface area contributed by atoms with E-state index in [1.807, 2.05) is 18.2 Å². The van der Waals surface area contributed by atoms with Gasteiger partial charge in [-0.1, -0.05) is 23.7 Å². The van der Waals surface area contributed by atoms with Crippen LogP contribution in [0.2, 0.25) is 5.02 Å². The van der Waals surface area contributed by atoms with Gasteiger partial charge in [-0.05, 0) is 12.1 Å². The number of carbonyl (C=O) groups excluding carboxylic acids is 1. The van der Waals surface area contributed by atoms with E-state index in [4.69, 9.17) is 28.5 Å². The largest absolute Gasteiger partial charge is 0.296 e. The second-order valence-electron chi connectivity index (χ2n) is 3.74. The molecule has 0 aliphatic heterocycles. The number of ketones is 1. The molecule has 1 heterocycles. The van der Waals surface area contributed by atoms with Gasteiger partial charge in [0.2, 0.25) is 0 Å². The number of carbonyl (C=O) groups is 1. The van der Waals surface area contributed by atoms with Crippen molar-refractivity contribution in [3.8, 4) is 17.3 Å². The predicted molar refractivity (Wildman–Crippen MR) is 76.6 cm³/mol. The molecule has 2 rings (SSSR count). The van der Waals surface area contributed by atoms with E-state index in [0.29, 0.717) is 15.7 Å². The highest BCUT2D eigenvalue weighted by Gasteiger charge is 2.22. The normalized spacial score (nSPS) is 11.8. The summed E-state index contributed by atoms with van der Waals surface area (Å²) < 4.78 is 0. The molecule has 0 aliphatic rings. The quantitative estimate of drug-likeness (QED) is 0.805. The van der Waals surface area contributed by atoms with Crippen molar-refractivity contribution in [1.29, 1.82) is 5.26 Å². The van der Waals surface area contributed by atoms with Crippen LogP contribution in [0.1, 0.15) is 10.9 Å². The van der Waals surface area contributed by atoms with Gasteiger partial charge in [-0.25, -0.2) is 4.98 Å². The van der Waals surface area contributed by atoms with E-state index in [2.05, 4.69) is 4.98 Å². The number of hydrogen-bond donors (Lipinski definition) is 0. The maximum atomic E-state index is 11.5. The number of thiazole rings is 1. The molecule has 0 radical (unpaired) electrons. The predicted octanol–water partition coefficient (Wildman–Crippen LogP) is 3.88. The van der Waals surface area contributed by atoms with Gasteiger partial charge >= 0.3 is 0 Å². The van der Waals surface area contributed by atoms with Crippen molar-refractivity contribution in [2.45, 2.75) is 5.92 Å². The summed E-state index contributed by atoms with van der Waals surface area (Å²) in [5.41, 5.74) is 1.55. The molecule has 0 aliphatic carbocycles. The highest BCUT2D eigenvalue weighted by atomic mass is 35.5. The Balaban J connectivity index is 2.34. The number of Topliss-reactive ketones (excluding diaryl/α,β-unsaturated/α-hetero) is 1. The molecule has 1 unspecified atom stereocenters. The minimum Gasteiger partial charge on any atom is -0.296 e. The minimum absolute atomic E-state index is 0.190. The minimum atomic E-state index is -0.893. The van der Waals surface area contributed by atoms with Gasteiger partial charge in [0, 0.05) is 16.0 Å². The van der Waals surface area contributed by atoms with E-state index in [1.165, 1.54) is 11.3 Å². The Labute approximate surface area is 124 Å². The van der Waals surface area contributed by atoms with Crippen molar-refractivity contribution in [3.63, 3.8) is 0 Å². The molecule has 1 aromatic carbocycles. The topological polar surface area (TPSA) is 53.8 Å². The first kappa shape index (κ1) is 14.0. The van der Waals surface area contributed by atoms with Crippen LogP contribution in [0.5, 0.6) is 0 Å². The number of aromatic nitrogens is 1. The van der Waals surface area contributed by atoms with E-state index in [1.54, 1.807) is 17.5 Å². The Morgan fingerprint density at radius 1 is 1.53 bits per heavy atom. The van der Waals surface area contributed by atoms with Crippen molar-refractivity contribution in [1.82, 2.24) is 4.98 Å². The van der Waals surface area contributed by atoms with Crippen LogP contribution in [0.15, 0.2) is 29.6 Å². The Morgan fingerprint density at radius 3 is 2.95 bits per heavy atom. The summed E-state index contributed by atoms with van der Waals surface area (Å²) in [7, 11) is 0. The van der Waals surface area contributed by atoms with Crippen LogP contribution in [-0.4, -0.2) is 16.6 Å². The lowest BCUT2D eigenvalue weighted by Crippen LogP contribution is -2.11. The number of rotatable bonds is 4. The zero-order valence-electron chi connectivity index (χ0n) is 9.64. The van der Waals surface area contributed by atoms with Gasteiger partial charge in [-0.3, -0.25) is 4.79 Å². The molecule has 1 atom stereocenters. The van der Waals surface area contributed by atoms with E-state index >= 15 is 0 Å². The zero-order chi connectivity index (χ0) is 13.8. The zero-order valence-corrected chi connectivity index (χ0v) is 12.0. The molecule has 0 amide bonds. The van der Waals surface area contributed by atoms with Gasteiger partial charge in [-0.2, -0.15) is 5.26 Å². The van der Waals surface area contributed by atoms with E-state index in [0.717, 1.165) is 5.56 Å². The standard InChI is InChI=1S/C13H8Cl2N2OS/c14-5-12(18)10(6-16)13-17-11(7-19-13)8-2-1-3-9(15)4-8/h1-4,7,10H,5H2. The maximum absolute atomic E-state index is 11.5. The van der Waals surface area contributed by atoms with Crippen LogP contribution in [-0.2, 0) is 4.79 Å². The van der Waals surface area contributed by atoms with Crippen LogP contribution in [0, 0.1) is 11.3 Å². The van der Waals surface area contributed by atoms with E-state index < -0.39 is 5.92 Å². The number of hydrogen-bond acceptors (Lipinski definition) is 4. The number of benzene rings is 1. The summed E-state index contributed by atoms with van der Waals surface area (Å²) in [6.07, 6.45) is 0. The average Bonchev–Trinajstić information content (AvgIpc) is 2.89. The first-order valence-electron chi connectivity index (χ1n) is 5.35. The molecule has 3 nitrogen and oxygen atoms in total. The third-order valence-corrected chi connectivity index (χ3v) is 3.88. The first-order valence-corrected chi connectivity index (χ1v) is 7.14. The molecule has 0 saturated carbocycles. The third-order valence-electron chi connectivity index (χ3n) is 2.47. The molecule has 19 heavy (non-hydrogen) atoms. The van der Waals surface area contributed by atoms with E-state index in [-0.39, 0.29) is 11.7 Å². The summed E-state index contributed by atoms with van der Waals surface area (Å²) in [6.45, 7) is 0. The lowest BCUT2D eigenvalue weighted by atomic mass is 10.1. The highest BCUT2D eigenvalue weighted by Crippen LogP contribution is 2.28. The summed E-state index contributed by atoms with van der Waals surface area (Å²) >= 11 is 12.7. The Hall–Kier alpha value is -1.41. The number of alkyl halides is 1. The van der Waals surface area contributed by atoms with Crippen LogP contribution >= 0.6 is 34.5 Å². The number of nitrogens with zero attached hydrogens (tertiary/aromatic N) is 2. The van der Waals surface area contributed by atoms with Crippen LogP contribution in [0.25, 0.3) is 11.3 Å². The fourth-order valence-corrected chi connectivity index (χ4v) is 2.78. The smallest absolute Gasteiger partial charge is 0.171 e. The second kappa shape index (κ2) is 6.16. The van der Waals surface area contributed by atoms with Crippen LogP contribution < -0.4 is 0 Å². The lowest BCUT2D eigenvalue weighted by molar-refractivity contribution is -0.117. The first-order chi connectivity index (χ1) is 9.15. The molecule has 2 aromatic rings. The van der Waals surface area contributed by atoms with E-state index in [9.17, 15) is 4.79 Å². The molecule has 6 heteroatoms. The number of nitriles is 1. The monoisotopic (exact) mass is 310 g/mol. The number of halogens is 2. The molecule has 0 spiro atoms. The summed E-state index contributed by atoms with van der Waals surface area (Å²) in [6, 6.07) is 9.18. The summed E-state index contributed by atoms with van der Waals surface area (Å²) in [5.74, 6) is -1.42. The maximum Gasteiger partial charge on any atom is 0.171 e. The van der Waals surface area contributed by atoms with Crippen molar-refractivity contribution in [3.05, 3.63) is 39.7 Å². The van der Waals surface area contributed by atoms with Gasteiger partial charge in [0.1, 0.15) is 5.01 Å². The van der Waals surface area contributed by atoms with Gasteiger partial charge in [0.05, 0.1) is 17.6 Å².